The number of aromatic nitrogens is 1. The molecule has 2 heterocycles. The summed E-state index contributed by atoms with van der Waals surface area (Å²) in [6, 6.07) is 6.18. The summed E-state index contributed by atoms with van der Waals surface area (Å²) in [5, 5.41) is 0. The maximum absolute atomic E-state index is 5.72. The summed E-state index contributed by atoms with van der Waals surface area (Å²) in [6.07, 6.45) is 1.00. The van der Waals surface area contributed by atoms with Crippen molar-refractivity contribution in [2.75, 3.05) is 36.9 Å². The molecular weight excluding hydrogens is 218 g/mol. The second-order valence-corrected chi connectivity index (χ2v) is 4.18. The van der Waals surface area contributed by atoms with Gasteiger partial charge in [0.25, 0.3) is 6.01 Å². The highest BCUT2D eigenvalue weighted by Crippen LogP contribution is 2.24. The fourth-order valence-corrected chi connectivity index (χ4v) is 2.00. The lowest BCUT2D eigenvalue weighted by Crippen LogP contribution is -2.25. The molecule has 1 aliphatic rings. The van der Waals surface area contributed by atoms with Crippen molar-refractivity contribution >= 4 is 22.8 Å². The first-order valence-corrected chi connectivity index (χ1v) is 5.82. The third-order valence-corrected chi connectivity index (χ3v) is 2.89. The van der Waals surface area contributed by atoms with Crippen LogP contribution < -0.4 is 10.6 Å². The van der Waals surface area contributed by atoms with Crippen LogP contribution >= 0.6 is 0 Å². The molecule has 1 aromatic carbocycles. The second kappa shape index (κ2) is 4.25. The van der Waals surface area contributed by atoms with Gasteiger partial charge in [-0.05, 0) is 18.6 Å². The zero-order valence-electron chi connectivity index (χ0n) is 9.56. The SMILES string of the molecule is Nc1ccc2nc(N3CCCOCC3)oc2c1. The Labute approximate surface area is 99.2 Å². The number of anilines is 2. The Morgan fingerprint density at radius 1 is 1.24 bits per heavy atom. The van der Waals surface area contributed by atoms with Crippen molar-refractivity contribution in [2.45, 2.75) is 6.42 Å². The number of nitrogens with zero attached hydrogens (tertiary/aromatic N) is 2. The van der Waals surface area contributed by atoms with Crippen LogP contribution in [0.1, 0.15) is 6.42 Å². The van der Waals surface area contributed by atoms with Crippen LogP contribution in [0.4, 0.5) is 11.7 Å². The van der Waals surface area contributed by atoms with Gasteiger partial charge >= 0.3 is 0 Å². The molecule has 1 aromatic heterocycles. The summed E-state index contributed by atoms with van der Waals surface area (Å²) in [7, 11) is 0. The predicted octanol–water partition coefficient (Wildman–Crippen LogP) is 1.64. The van der Waals surface area contributed by atoms with Crippen molar-refractivity contribution in [3.63, 3.8) is 0 Å². The maximum atomic E-state index is 5.72. The minimum atomic E-state index is 0.663. The average Bonchev–Trinajstić information content (AvgIpc) is 2.57. The molecule has 90 valence electrons. The van der Waals surface area contributed by atoms with Crippen molar-refractivity contribution in [2.24, 2.45) is 0 Å². The van der Waals surface area contributed by atoms with Gasteiger partial charge in [-0.1, -0.05) is 0 Å². The van der Waals surface area contributed by atoms with E-state index >= 15 is 0 Å². The number of fused-ring (bicyclic) bond motifs is 1. The van der Waals surface area contributed by atoms with Gasteiger partial charge in [0.2, 0.25) is 0 Å². The molecule has 5 heteroatoms. The van der Waals surface area contributed by atoms with Crippen LogP contribution in [0.5, 0.6) is 0 Å². The van der Waals surface area contributed by atoms with Crippen molar-refractivity contribution in [1.29, 1.82) is 0 Å². The Kier molecular flexibility index (Phi) is 2.60. The minimum Gasteiger partial charge on any atom is -0.423 e. The third kappa shape index (κ3) is 2.06. The van der Waals surface area contributed by atoms with E-state index in [0.29, 0.717) is 11.7 Å². The van der Waals surface area contributed by atoms with E-state index in [0.717, 1.165) is 43.8 Å². The Morgan fingerprint density at radius 3 is 3.12 bits per heavy atom. The number of oxazole rings is 1. The van der Waals surface area contributed by atoms with E-state index in [1.54, 1.807) is 6.07 Å². The van der Waals surface area contributed by atoms with Crippen LogP contribution in [0, 0.1) is 0 Å². The molecule has 0 amide bonds. The zero-order valence-corrected chi connectivity index (χ0v) is 9.56. The van der Waals surface area contributed by atoms with E-state index in [9.17, 15) is 0 Å². The average molecular weight is 233 g/mol. The molecule has 1 saturated heterocycles. The fourth-order valence-electron chi connectivity index (χ4n) is 2.00. The topological polar surface area (TPSA) is 64.5 Å². The lowest BCUT2D eigenvalue weighted by molar-refractivity contribution is 0.152. The Bertz CT molecular complexity index is 515. The van der Waals surface area contributed by atoms with Gasteiger partial charge in [0, 0.05) is 31.5 Å². The molecule has 1 fully saturated rings. The van der Waals surface area contributed by atoms with Gasteiger partial charge < -0.3 is 19.8 Å². The molecule has 5 nitrogen and oxygen atoms in total. The molecule has 1 aliphatic heterocycles. The highest BCUT2D eigenvalue weighted by Gasteiger charge is 2.15. The van der Waals surface area contributed by atoms with Crippen LogP contribution in [0.2, 0.25) is 0 Å². The van der Waals surface area contributed by atoms with Gasteiger partial charge in [0.15, 0.2) is 5.58 Å². The van der Waals surface area contributed by atoms with Crippen molar-refractivity contribution in [3.05, 3.63) is 18.2 Å². The van der Waals surface area contributed by atoms with Gasteiger partial charge in [0.1, 0.15) is 5.52 Å². The standard InChI is InChI=1S/C12H15N3O2/c13-9-2-3-10-11(8-9)17-12(14-10)15-4-1-6-16-7-5-15/h2-3,8H,1,4-7,13H2. The van der Waals surface area contributed by atoms with Gasteiger partial charge in [-0.15, -0.1) is 0 Å². The van der Waals surface area contributed by atoms with Crippen LogP contribution in [-0.4, -0.2) is 31.3 Å². The second-order valence-electron chi connectivity index (χ2n) is 4.18. The van der Waals surface area contributed by atoms with Gasteiger partial charge in [0.05, 0.1) is 6.61 Å². The number of benzene rings is 1. The summed E-state index contributed by atoms with van der Waals surface area (Å²) >= 11 is 0. The van der Waals surface area contributed by atoms with Crippen LogP contribution in [0.3, 0.4) is 0 Å². The van der Waals surface area contributed by atoms with E-state index in [2.05, 4.69) is 9.88 Å². The fraction of sp³-hybridized carbons (Fsp3) is 0.417. The highest BCUT2D eigenvalue weighted by molar-refractivity contribution is 5.78. The molecule has 0 saturated carbocycles. The molecule has 0 spiro atoms. The van der Waals surface area contributed by atoms with E-state index in [1.165, 1.54) is 0 Å². The first-order chi connectivity index (χ1) is 8.33. The molecule has 3 rings (SSSR count). The molecule has 0 unspecified atom stereocenters. The normalized spacial score (nSPS) is 17.3. The Morgan fingerprint density at radius 2 is 2.18 bits per heavy atom. The molecule has 2 N–H and O–H groups in total. The summed E-state index contributed by atoms with van der Waals surface area (Å²) in [5.74, 6) is 0. The Balaban J connectivity index is 1.93. The maximum Gasteiger partial charge on any atom is 0.298 e. The molecule has 0 bridgehead atoms. The molecule has 0 atom stereocenters. The van der Waals surface area contributed by atoms with Gasteiger partial charge in [-0.2, -0.15) is 4.98 Å². The Hall–Kier alpha value is -1.75. The summed E-state index contributed by atoms with van der Waals surface area (Å²) in [6.45, 7) is 3.27. The van der Waals surface area contributed by atoms with Crippen molar-refractivity contribution < 1.29 is 9.15 Å². The zero-order chi connectivity index (χ0) is 11.7. The number of hydrogen-bond donors (Lipinski definition) is 1. The minimum absolute atomic E-state index is 0.663. The monoisotopic (exact) mass is 233 g/mol. The van der Waals surface area contributed by atoms with Crippen molar-refractivity contribution in [1.82, 2.24) is 4.98 Å². The summed E-state index contributed by atoms with van der Waals surface area (Å²) < 4.78 is 11.1. The molecule has 17 heavy (non-hydrogen) atoms. The summed E-state index contributed by atoms with van der Waals surface area (Å²) in [5.41, 5.74) is 8.00. The molecule has 0 radical (unpaired) electrons. The number of ether oxygens (including phenoxy) is 1. The van der Waals surface area contributed by atoms with E-state index < -0.39 is 0 Å². The van der Waals surface area contributed by atoms with Crippen LogP contribution in [0.25, 0.3) is 11.1 Å². The molecule has 2 aromatic rings. The largest absolute Gasteiger partial charge is 0.423 e. The quantitative estimate of drug-likeness (QED) is 0.758. The van der Waals surface area contributed by atoms with E-state index in [-0.39, 0.29) is 0 Å². The molecule has 0 aliphatic carbocycles. The predicted molar refractivity (Wildman–Crippen MR) is 66.1 cm³/mol. The third-order valence-electron chi connectivity index (χ3n) is 2.89. The number of nitrogen functional groups attached to an aromatic ring is 1. The van der Waals surface area contributed by atoms with Gasteiger partial charge in [-0.3, -0.25) is 0 Å². The number of rotatable bonds is 1. The first kappa shape index (κ1) is 10.4. The van der Waals surface area contributed by atoms with Crippen LogP contribution in [0.15, 0.2) is 22.6 Å². The van der Waals surface area contributed by atoms with Crippen molar-refractivity contribution in [3.8, 4) is 0 Å². The number of hydrogen-bond acceptors (Lipinski definition) is 5. The van der Waals surface area contributed by atoms with Gasteiger partial charge in [-0.25, -0.2) is 0 Å². The van der Waals surface area contributed by atoms with E-state index in [1.807, 2.05) is 12.1 Å². The smallest absolute Gasteiger partial charge is 0.298 e. The highest BCUT2D eigenvalue weighted by atomic mass is 16.5. The summed E-state index contributed by atoms with van der Waals surface area (Å²) in [4.78, 5) is 6.58. The molecular formula is C12H15N3O2. The number of nitrogens with two attached hydrogens (primary N) is 1. The van der Waals surface area contributed by atoms with Crippen LogP contribution in [-0.2, 0) is 4.74 Å². The lowest BCUT2D eigenvalue weighted by Gasteiger charge is -2.15. The van der Waals surface area contributed by atoms with E-state index in [4.69, 9.17) is 14.9 Å². The lowest BCUT2D eigenvalue weighted by atomic mass is 10.3. The first-order valence-electron chi connectivity index (χ1n) is 5.82.